The second-order valence-electron chi connectivity index (χ2n) is 6.35. The van der Waals surface area contributed by atoms with Crippen LogP contribution in [0.2, 0.25) is 0 Å². The Morgan fingerprint density at radius 1 is 0.957 bits per heavy atom. The van der Waals surface area contributed by atoms with Crippen molar-refractivity contribution in [3.63, 3.8) is 0 Å². The molecule has 0 aromatic heterocycles. The molecule has 2 heteroatoms. The van der Waals surface area contributed by atoms with Crippen molar-refractivity contribution < 1.29 is 4.74 Å². The standard InChI is InChI=1S/C21H27NO/c1-2-3-14-21(22-15-7-8-16-22)23-20-13-9-12-19(17-20)18-10-5-4-6-11-18/h4-6,9-13,17,21H,2-3,7-8,14-16H2,1H3. The molecule has 1 aliphatic rings. The van der Waals surface area contributed by atoms with Crippen molar-refractivity contribution in [3.05, 3.63) is 54.6 Å². The maximum atomic E-state index is 6.39. The van der Waals surface area contributed by atoms with Gasteiger partial charge in [0.1, 0.15) is 5.75 Å². The molecule has 0 amide bonds. The van der Waals surface area contributed by atoms with Crippen LogP contribution in [0, 0.1) is 0 Å². The molecule has 122 valence electrons. The normalized spacial score (nSPS) is 16.4. The van der Waals surface area contributed by atoms with E-state index in [0.29, 0.717) is 0 Å². The van der Waals surface area contributed by atoms with Crippen LogP contribution in [0.25, 0.3) is 11.1 Å². The van der Waals surface area contributed by atoms with Crippen LogP contribution in [-0.4, -0.2) is 24.2 Å². The Labute approximate surface area is 140 Å². The monoisotopic (exact) mass is 309 g/mol. The topological polar surface area (TPSA) is 12.5 Å². The summed E-state index contributed by atoms with van der Waals surface area (Å²) in [5.74, 6) is 0.986. The predicted molar refractivity (Wildman–Crippen MR) is 96.6 cm³/mol. The molecule has 2 aromatic carbocycles. The van der Waals surface area contributed by atoms with Gasteiger partial charge in [-0.15, -0.1) is 0 Å². The molecule has 0 N–H and O–H groups in total. The number of likely N-dealkylation sites (tertiary alicyclic amines) is 1. The summed E-state index contributed by atoms with van der Waals surface area (Å²) in [6, 6.07) is 19.0. The minimum absolute atomic E-state index is 0.225. The molecule has 0 aliphatic carbocycles. The molecule has 1 atom stereocenters. The molecule has 2 aromatic rings. The minimum Gasteiger partial charge on any atom is -0.475 e. The summed E-state index contributed by atoms with van der Waals surface area (Å²) in [4.78, 5) is 2.50. The van der Waals surface area contributed by atoms with Gasteiger partial charge in [0.25, 0.3) is 0 Å². The van der Waals surface area contributed by atoms with E-state index in [2.05, 4.69) is 66.4 Å². The summed E-state index contributed by atoms with van der Waals surface area (Å²) in [5, 5.41) is 0. The maximum absolute atomic E-state index is 6.39. The van der Waals surface area contributed by atoms with Gasteiger partial charge >= 0.3 is 0 Å². The van der Waals surface area contributed by atoms with Crippen LogP contribution in [0.1, 0.15) is 39.0 Å². The zero-order valence-corrected chi connectivity index (χ0v) is 14.1. The Morgan fingerprint density at radius 2 is 1.70 bits per heavy atom. The van der Waals surface area contributed by atoms with E-state index in [-0.39, 0.29) is 6.23 Å². The third kappa shape index (κ3) is 4.35. The Bertz CT molecular complexity index is 590. The van der Waals surface area contributed by atoms with Crippen LogP contribution in [0.5, 0.6) is 5.75 Å². The second-order valence-corrected chi connectivity index (χ2v) is 6.35. The lowest BCUT2D eigenvalue weighted by Crippen LogP contribution is -2.37. The summed E-state index contributed by atoms with van der Waals surface area (Å²) in [6.45, 7) is 4.59. The molecule has 23 heavy (non-hydrogen) atoms. The molecule has 0 radical (unpaired) electrons. The lowest BCUT2D eigenvalue weighted by atomic mass is 10.1. The first-order chi connectivity index (χ1) is 11.4. The summed E-state index contributed by atoms with van der Waals surface area (Å²) in [7, 11) is 0. The van der Waals surface area contributed by atoms with E-state index in [1.54, 1.807) is 0 Å². The molecule has 0 spiro atoms. The van der Waals surface area contributed by atoms with E-state index in [1.807, 2.05) is 0 Å². The SMILES string of the molecule is CCCCC(Oc1cccc(-c2ccccc2)c1)N1CCCC1. The first-order valence-electron chi connectivity index (χ1n) is 8.93. The summed E-state index contributed by atoms with van der Waals surface area (Å²) in [6.07, 6.45) is 6.39. The van der Waals surface area contributed by atoms with E-state index in [4.69, 9.17) is 4.74 Å². The van der Waals surface area contributed by atoms with E-state index in [0.717, 1.165) is 12.2 Å². The molecular formula is C21H27NO. The maximum Gasteiger partial charge on any atom is 0.152 e. The fourth-order valence-corrected chi connectivity index (χ4v) is 3.26. The van der Waals surface area contributed by atoms with Gasteiger partial charge in [-0.25, -0.2) is 0 Å². The highest BCUT2D eigenvalue weighted by molar-refractivity contribution is 5.64. The summed E-state index contributed by atoms with van der Waals surface area (Å²) < 4.78 is 6.39. The van der Waals surface area contributed by atoms with Crippen LogP contribution < -0.4 is 4.74 Å². The van der Waals surface area contributed by atoms with E-state index in [1.165, 1.54) is 49.9 Å². The number of unbranched alkanes of at least 4 members (excludes halogenated alkanes) is 1. The minimum atomic E-state index is 0.225. The number of benzene rings is 2. The molecule has 1 fully saturated rings. The Balaban J connectivity index is 1.74. The number of nitrogens with zero attached hydrogens (tertiary/aromatic N) is 1. The summed E-state index contributed by atoms with van der Waals surface area (Å²) in [5.41, 5.74) is 2.46. The Morgan fingerprint density at radius 3 is 2.43 bits per heavy atom. The fourth-order valence-electron chi connectivity index (χ4n) is 3.26. The van der Waals surface area contributed by atoms with Gasteiger partial charge in [0.2, 0.25) is 0 Å². The Kier molecular flexibility index (Phi) is 5.71. The Hall–Kier alpha value is -1.80. The summed E-state index contributed by atoms with van der Waals surface area (Å²) >= 11 is 0. The molecule has 0 bridgehead atoms. The number of hydrogen-bond acceptors (Lipinski definition) is 2. The first-order valence-corrected chi connectivity index (χ1v) is 8.93. The van der Waals surface area contributed by atoms with Crippen molar-refractivity contribution >= 4 is 0 Å². The van der Waals surface area contributed by atoms with Gasteiger partial charge in [0.05, 0.1) is 0 Å². The van der Waals surface area contributed by atoms with Gasteiger partial charge in [0, 0.05) is 13.1 Å². The fraction of sp³-hybridized carbons (Fsp3) is 0.429. The quantitative estimate of drug-likeness (QED) is 0.684. The molecule has 1 saturated heterocycles. The third-order valence-electron chi connectivity index (χ3n) is 4.57. The van der Waals surface area contributed by atoms with Gasteiger partial charge in [-0.3, -0.25) is 4.90 Å². The highest BCUT2D eigenvalue weighted by atomic mass is 16.5. The smallest absolute Gasteiger partial charge is 0.152 e. The van der Waals surface area contributed by atoms with E-state index < -0.39 is 0 Å². The van der Waals surface area contributed by atoms with Crippen LogP contribution in [0.15, 0.2) is 54.6 Å². The zero-order chi connectivity index (χ0) is 15.9. The molecule has 1 heterocycles. The second kappa shape index (κ2) is 8.16. The zero-order valence-electron chi connectivity index (χ0n) is 14.1. The predicted octanol–water partition coefficient (Wildman–Crippen LogP) is 5.34. The lowest BCUT2D eigenvalue weighted by Gasteiger charge is -2.28. The van der Waals surface area contributed by atoms with Crippen LogP contribution in [0.3, 0.4) is 0 Å². The molecular weight excluding hydrogens is 282 g/mol. The number of rotatable bonds is 7. The highest BCUT2D eigenvalue weighted by Gasteiger charge is 2.22. The molecule has 0 saturated carbocycles. The number of ether oxygens (including phenoxy) is 1. The molecule has 2 nitrogen and oxygen atoms in total. The van der Waals surface area contributed by atoms with E-state index in [9.17, 15) is 0 Å². The van der Waals surface area contributed by atoms with Crippen molar-refractivity contribution in [3.8, 4) is 16.9 Å². The van der Waals surface area contributed by atoms with Crippen molar-refractivity contribution in [2.45, 2.75) is 45.3 Å². The molecule has 1 aliphatic heterocycles. The van der Waals surface area contributed by atoms with Crippen molar-refractivity contribution in [1.82, 2.24) is 4.90 Å². The van der Waals surface area contributed by atoms with Crippen molar-refractivity contribution in [2.75, 3.05) is 13.1 Å². The van der Waals surface area contributed by atoms with Gasteiger partial charge in [-0.05, 0) is 48.9 Å². The van der Waals surface area contributed by atoms with Crippen molar-refractivity contribution in [1.29, 1.82) is 0 Å². The van der Waals surface area contributed by atoms with Gasteiger partial charge in [-0.1, -0.05) is 55.8 Å². The third-order valence-corrected chi connectivity index (χ3v) is 4.57. The molecule has 1 unspecified atom stereocenters. The van der Waals surface area contributed by atoms with E-state index >= 15 is 0 Å². The van der Waals surface area contributed by atoms with Crippen LogP contribution in [0.4, 0.5) is 0 Å². The molecule has 3 rings (SSSR count). The number of hydrogen-bond donors (Lipinski definition) is 0. The van der Waals surface area contributed by atoms with Crippen LogP contribution in [-0.2, 0) is 0 Å². The van der Waals surface area contributed by atoms with Crippen molar-refractivity contribution in [2.24, 2.45) is 0 Å². The largest absolute Gasteiger partial charge is 0.475 e. The van der Waals surface area contributed by atoms with Crippen LogP contribution >= 0.6 is 0 Å². The van der Waals surface area contributed by atoms with Gasteiger partial charge in [-0.2, -0.15) is 0 Å². The van der Waals surface area contributed by atoms with Gasteiger partial charge in [0.15, 0.2) is 6.23 Å². The lowest BCUT2D eigenvalue weighted by molar-refractivity contribution is 0.0345. The average molecular weight is 309 g/mol. The average Bonchev–Trinajstić information content (AvgIpc) is 3.14. The highest BCUT2D eigenvalue weighted by Crippen LogP contribution is 2.26. The first kappa shape index (κ1) is 16.1. The van der Waals surface area contributed by atoms with Gasteiger partial charge < -0.3 is 4.74 Å².